The van der Waals surface area contributed by atoms with E-state index in [0.717, 1.165) is 10.2 Å². The maximum absolute atomic E-state index is 11.9. The van der Waals surface area contributed by atoms with Gasteiger partial charge >= 0.3 is 5.97 Å². The third kappa shape index (κ3) is 4.22. The number of hydrogen-bond donors (Lipinski definition) is 1. The van der Waals surface area contributed by atoms with Gasteiger partial charge < -0.3 is 9.30 Å². The Labute approximate surface area is 152 Å². The lowest BCUT2D eigenvalue weighted by molar-refractivity contribution is -0.143. The quantitative estimate of drug-likeness (QED) is 0.550. The molecule has 7 nitrogen and oxygen atoms in total. The van der Waals surface area contributed by atoms with Crippen LogP contribution in [0.5, 0.6) is 0 Å². The standard InChI is InChI=1S/C18H15N3O4S/c1-21-10-4-6-13(21)18(24)20-15(22)11-25-17(23)9-8-16-19-12-5-2-3-7-14(12)26-16/h2-10H,11H2,1H3,(H,20,22,24). The van der Waals surface area contributed by atoms with Crippen molar-refractivity contribution in [2.24, 2.45) is 7.05 Å². The molecule has 0 aliphatic rings. The van der Waals surface area contributed by atoms with Crippen LogP contribution in [0.1, 0.15) is 15.5 Å². The first kappa shape index (κ1) is 17.6. The summed E-state index contributed by atoms with van der Waals surface area (Å²) in [5.41, 5.74) is 1.18. The molecule has 2 aromatic heterocycles. The van der Waals surface area contributed by atoms with E-state index < -0.39 is 24.4 Å². The van der Waals surface area contributed by atoms with E-state index in [-0.39, 0.29) is 0 Å². The van der Waals surface area contributed by atoms with Gasteiger partial charge in [0.05, 0.1) is 10.2 Å². The summed E-state index contributed by atoms with van der Waals surface area (Å²) in [5, 5.41) is 2.82. The summed E-state index contributed by atoms with van der Waals surface area (Å²) in [6, 6.07) is 10.9. The fourth-order valence-electron chi connectivity index (χ4n) is 2.21. The Morgan fingerprint density at radius 3 is 2.77 bits per heavy atom. The summed E-state index contributed by atoms with van der Waals surface area (Å²) < 4.78 is 7.42. The number of ether oxygens (including phenoxy) is 1. The number of esters is 1. The van der Waals surface area contributed by atoms with Crippen LogP contribution in [0.15, 0.2) is 48.7 Å². The van der Waals surface area contributed by atoms with Crippen LogP contribution in [0.2, 0.25) is 0 Å². The number of rotatable bonds is 5. The number of aryl methyl sites for hydroxylation is 1. The number of imide groups is 1. The van der Waals surface area contributed by atoms with Gasteiger partial charge in [0.2, 0.25) is 0 Å². The van der Waals surface area contributed by atoms with Crippen LogP contribution in [-0.2, 0) is 21.4 Å². The highest BCUT2D eigenvalue weighted by molar-refractivity contribution is 7.19. The van der Waals surface area contributed by atoms with E-state index in [1.165, 1.54) is 23.5 Å². The van der Waals surface area contributed by atoms with Gasteiger partial charge in [-0.3, -0.25) is 14.9 Å². The van der Waals surface area contributed by atoms with Gasteiger partial charge in [0.25, 0.3) is 11.8 Å². The lowest BCUT2D eigenvalue weighted by Gasteiger charge is -2.05. The summed E-state index contributed by atoms with van der Waals surface area (Å²) in [7, 11) is 1.69. The van der Waals surface area contributed by atoms with E-state index in [4.69, 9.17) is 4.74 Å². The number of nitrogens with zero attached hydrogens (tertiary/aromatic N) is 2. The highest BCUT2D eigenvalue weighted by atomic mass is 32.1. The zero-order valence-corrected chi connectivity index (χ0v) is 14.7. The lowest BCUT2D eigenvalue weighted by Crippen LogP contribution is -2.34. The van der Waals surface area contributed by atoms with Crippen LogP contribution >= 0.6 is 11.3 Å². The molecule has 0 aliphatic carbocycles. The molecule has 0 fully saturated rings. The highest BCUT2D eigenvalue weighted by Crippen LogP contribution is 2.22. The molecule has 132 valence electrons. The Kier molecular flexibility index (Phi) is 5.23. The normalized spacial score (nSPS) is 11.0. The van der Waals surface area contributed by atoms with E-state index in [9.17, 15) is 14.4 Å². The number of hydrogen-bond acceptors (Lipinski definition) is 6. The molecule has 0 unspecified atom stereocenters. The summed E-state index contributed by atoms with van der Waals surface area (Å²) >= 11 is 1.44. The molecule has 8 heteroatoms. The van der Waals surface area contributed by atoms with Gasteiger partial charge in [-0.2, -0.15) is 0 Å². The molecule has 3 rings (SSSR count). The van der Waals surface area contributed by atoms with Gasteiger partial charge in [-0.15, -0.1) is 11.3 Å². The summed E-state index contributed by atoms with van der Waals surface area (Å²) in [4.78, 5) is 39.6. The van der Waals surface area contributed by atoms with Crippen LogP contribution < -0.4 is 5.32 Å². The van der Waals surface area contributed by atoms with Crippen molar-refractivity contribution in [2.45, 2.75) is 0 Å². The molecular formula is C18H15N3O4S. The van der Waals surface area contributed by atoms with E-state index in [1.54, 1.807) is 29.9 Å². The minimum Gasteiger partial charge on any atom is -0.452 e. The van der Waals surface area contributed by atoms with Crippen LogP contribution in [0.4, 0.5) is 0 Å². The fraction of sp³-hybridized carbons (Fsp3) is 0.111. The maximum Gasteiger partial charge on any atom is 0.331 e. The molecule has 0 bridgehead atoms. The molecule has 0 spiro atoms. The first-order valence-electron chi connectivity index (χ1n) is 7.69. The molecule has 0 saturated carbocycles. The number of fused-ring (bicyclic) bond motifs is 1. The summed E-state index contributed by atoms with van der Waals surface area (Å²) in [5.74, 6) is -1.94. The van der Waals surface area contributed by atoms with Crippen molar-refractivity contribution < 1.29 is 19.1 Å². The third-order valence-corrected chi connectivity index (χ3v) is 4.45. The Bertz CT molecular complexity index is 970. The van der Waals surface area contributed by atoms with Crippen LogP contribution in [-0.4, -0.2) is 33.9 Å². The van der Waals surface area contributed by atoms with Crippen LogP contribution in [0.3, 0.4) is 0 Å². The van der Waals surface area contributed by atoms with Crippen molar-refractivity contribution in [1.82, 2.24) is 14.9 Å². The molecular weight excluding hydrogens is 354 g/mol. The second-order valence-corrected chi connectivity index (χ2v) is 6.40. The van der Waals surface area contributed by atoms with Crippen LogP contribution in [0.25, 0.3) is 16.3 Å². The predicted molar refractivity (Wildman–Crippen MR) is 97.5 cm³/mol. The fourth-order valence-corrected chi connectivity index (χ4v) is 3.08. The SMILES string of the molecule is Cn1cccc1C(=O)NC(=O)COC(=O)C=Cc1nc2ccccc2s1. The number of nitrogens with one attached hydrogen (secondary N) is 1. The molecule has 0 radical (unpaired) electrons. The minimum absolute atomic E-state index is 0.334. The van der Waals surface area contributed by atoms with Gasteiger partial charge in [-0.05, 0) is 30.3 Å². The van der Waals surface area contributed by atoms with Gasteiger partial charge in [0, 0.05) is 19.3 Å². The lowest BCUT2D eigenvalue weighted by atomic mass is 10.3. The van der Waals surface area contributed by atoms with Gasteiger partial charge in [-0.1, -0.05) is 12.1 Å². The number of amides is 2. The summed E-state index contributed by atoms with van der Waals surface area (Å²) in [6.45, 7) is -0.542. The van der Waals surface area contributed by atoms with Crippen molar-refractivity contribution >= 4 is 45.4 Å². The smallest absolute Gasteiger partial charge is 0.331 e. The molecule has 2 heterocycles. The Hall–Kier alpha value is -3.26. The number of aromatic nitrogens is 2. The first-order valence-corrected chi connectivity index (χ1v) is 8.50. The summed E-state index contributed by atoms with van der Waals surface area (Å²) in [6.07, 6.45) is 4.41. The van der Waals surface area contributed by atoms with Gasteiger partial charge in [0.15, 0.2) is 6.61 Å². The van der Waals surface area contributed by atoms with E-state index in [0.29, 0.717) is 10.7 Å². The average Bonchev–Trinajstić information content (AvgIpc) is 3.23. The third-order valence-electron chi connectivity index (χ3n) is 3.45. The van der Waals surface area contributed by atoms with E-state index in [2.05, 4.69) is 10.3 Å². The second-order valence-electron chi connectivity index (χ2n) is 5.34. The average molecular weight is 369 g/mol. The Balaban J connectivity index is 1.49. The van der Waals surface area contributed by atoms with Gasteiger partial charge in [-0.25, -0.2) is 9.78 Å². The second kappa shape index (κ2) is 7.75. The molecule has 1 aromatic carbocycles. The predicted octanol–water partition coefficient (Wildman–Crippen LogP) is 2.15. The minimum atomic E-state index is -0.696. The van der Waals surface area contributed by atoms with Crippen LogP contribution in [0, 0.1) is 0 Å². The Morgan fingerprint density at radius 2 is 2.04 bits per heavy atom. The molecule has 0 aliphatic heterocycles. The molecule has 2 amide bonds. The largest absolute Gasteiger partial charge is 0.452 e. The molecule has 26 heavy (non-hydrogen) atoms. The van der Waals surface area contributed by atoms with Crippen molar-refractivity contribution in [1.29, 1.82) is 0 Å². The number of carbonyl (C=O) groups is 3. The topological polar surface area (TPSA) is 90.3 Å². The molecule has 0 atom stereocenters. The number of para-hydroxylation sites is 1. The van der Waals surface area contributed by atoms with Crippen molar-refractivity contribution in [3.05, 3.63) is 59.4 Å². The van der Waals surface area contributed by atoms with Gasteiger partial charge in [0.1, 0.15) is 10.7 Å². The zero-order chi connectivity index (χ0) is 18.5. The van der Waals surface area contributed by atoms with E-state index >= 15 is 0 Å². The number of thiazole rings is 1. The van der Waals surface area contributed by atoms with Crippen molar-refractivity contribution in [3.8, 4) is 0 Å². The number of carbonyl (C=O) groups excluding carboxylic acids is 3. The molecule has 0 saturated heterocycles. The molecule has 1 N–H and O–H groups in total. The first-order chi connectivity index (χ1) is 12.5. The van der Waals surface area contributed by atoms with Crippen molar-refractivity contribution in [3.63, 3.8) is 0 Å². The maximum atomic E-state index is 11.9. The number of benzene rings is 1. The Morgan fingerprint density at radius 1 is 1.23 bits per heavy atom. The van der Waals surface area contributed by atoms with E-state index in [1.807, 2.05) is 24.3 Å². The molecule has 3 aromatic rings. The van der Waals surface area contributed by atoms with Crippen molar-refractivity contribution in [2.75, 3.05) is 6.61 Å². The zero-order valence-electron chi connectivity index (χ0n) is 13.8. The highest BCUT2D eigenvalue weighted by Gasteiger charge is 2.13. The monoisotopic (exact) mass is 369 g/mol.